The van der Waals surface area contributed by atoms with Gasteiger partial charge >= 0.3 is 5.69 Å². The van der Waals surface area contributed by atoms with Crippen molar-refractivity contribution in [2.24, 2.45) is 14.1 Å². The Morgan fingerprint density at radius 3 is 2.62 bits per heavy atom. The number of hydrogen-bond donors (Lipinski definition) is 0. The molecule has 0 aliphatic rings. The predicted octanol–water partition coefficient (Wildman–Crippen LogP) is 4.13. The summed E-state index contributed by atoms with van der Waals surface area (Å²) in [6, 6.07) is 14.1. The highest BCUT2D eigenvalue weighted by Gasteiger charge is 2.18. The maximum atomic E-state index is 13.2. The second kappa shape index (κ2) is 6.62. The molecule has 7 heteroatoms. The maximum Gasteiger partial charge on any atom is 0.333 e. The van der Waals surface area contributed by atoms with E-state index in [0.717, 1.165) is 55.5 Å². The molecule has 0 spiro atoms. The van der Waals surface area contributed by atoms with E-state index >= 15 is 0 Å². The van der Waals surface area contributed by atoms with E-state index in [-0.39, 0.29) is 5.69 Å². The highest BCUT2D eigenvalue weighted by atomic mass is 16.1. The van der Waals surface area contributed by atoms with Crippen LogP contribution in [0.25, 0.3) is 49.8 Å². The zero-order valence-corrected chi connectivity index (χ0v) is 17.9. The maximum absolute atomic E-state index is 13.2. The van der Waals surface area contributed by atoms with Gasteiger partial charge in [-0.25, -0.2) is 9.78 Å². The molecule has 0 fully saturated rings. The fourth-order valence-electron chi connectivity index (χ4n) is 4.42. The molecule has 0 saturated heterocycles. The second-order valence-corrected chi connectivity index (χ2v) is 8.07. The lowest BCUT2D eigenvalue weighted by atomic mass is 10.0. The summed E-state index contributed by atoms with van der Waals surface area (Å²) >= 11 is 0. The topological polar surface area (TPSA) is 70.5 Å². The molecule has 6 aromatic rings. The minimum absolute atomic E-state index is 0.122. The number of fused-ring (bicyclic) bond motifs is 4. The summed E-state index contributed by atoms with van der Waals surface area (Å²) in [5, 5.41) is 2.00. The molecule has 32 heavy (non-hydrogen) atoms. The van der Waals surface area contributed by atoms with E-state index in [9.17, 15) is 4.79 Å². The van der Waals surface area contributed by atoms with Crippen LogP contribution in [0.2, 0.25) is 0 Å². The van der Waals surface area contributed by atoms with Gasteiger partial charge in [0.05, 0.1) is 34.1 Å². The summed E-state index contributed by atoms with van der Waals surface area (Å²) in [6.45, 7) is 1.91. The fourth-order valence-corrected chi connectivity index (χ4v) is 4.42. The third kappa shape index (κ3) is 2.54. The first-order valence-electron chi connectivity index (χ1n) is 10.4. The zero-order valence-electron chi connectivity index (χ0n) is 17.9. The number of rotatable bonds is 2. The highest BCUT2D eigenvalue weighted by molar-refractivity contribution is 6.04. The van der Waals surface area contributed by atoms with Gasteiger partial charge in [-0.1, -0.05) is 6.07 Å². The van der Waals surface area contributed by atoms with Gasteiger partial charge in [-0.2, -0.15) is 0 Å². The number of hydrogen-bond acceptors (Lipinski definition) is 4. The Balaban J connectivity index is 1.68. The predicted molar refractivity (Wildman–Crippen MR) is 126 cm³/mol. The lowest BCUT2D eigenvalue weighted by Gasteiger charge is -2.09. The van der Waals surface area contributed by atoms with Crippen LogP contribution in [0.3, 0.4) is 0 Å². The van der Waals surface area contributed by atoms with Gasteiger partial charge in [-0.3, -0.25) is 19.1 Å². The minimum Gasteiger partial charge on any atom is -0.336 e. The molecule has 6 rings (SSSR count). The van der Waals surface area contributed by atoms with Gasteiger partial charge < -0.3 is 4.57 Å². The van der Waals surface area contributed by atoms with E-state index < -0.39 is 0 Å². The number of benzene rings is 1. The summed E-state index contributed by atoms with van der Waals surface area (Å²) in [7, 11) is 3.76. The first kappa shape index (κ1) is 18.5. The number of pyridine rings is 3. The first-order valence-corrected chi connectivity index (χ1v) is 10.4. The van der Waals surface area contributed by atoms with Crippen molar-refractivity contribution < 1.29 is 0 Å². The average molecular weight is 420 g/mol. The number of nitrogens with zero attached hydrogens (tertiary/aromatic N) is 6. The van der Waals surface area contributed by atoms with Crippen molar-refractivity contribution in [1.29, 1.82) is 0 Å². The fraction of sp³-hybridized carbons (Fsp3) is 0.120. The van der Waals surface area contributed by atoms with Gasteiger partial charge in [0.1, 0.15) is 5.65 Å². The van der Waals surface area contributed by atoms with Gasteiger partial charge in [0, 0.05) is 49.0 Å². The summed E-state index contributed by atoms with van der Waals surface area (Å²) in [6.07, 6.45) is 7.40. The summed E-state index contributed by atoms with van der Waals surface area (Å²) < 4.78 is 5.38. The monoisotopic (exact) mass is 420 g/mol. The van der Waals surface area contributed by atoms with E-state index in [0.29, 0.717) is 0 Å². The minimum atomic E-state index is -0.122. The van der Waals surface area contributed by atoms with Crippen molar-refractivity contribution in [2.45, 2.75) is 6.92 Å². The lowest BCUT2D eigenvalue weighted by molar-refractivity contribution is 0.840. The van der Waals surface area contributed by atoms with Crippen molar-refractivity contribution in [1.82, 2.24) is 28.7 Å². The van der Waals surface area contributed by atoms with Crippen LogP contribution in [0.15, 0.2) is 72.0 Å². The molecule has 0 saturated carbocycles. The van der Waals surface area contributed by atoms with Crippen LogP contribution in [0.5, 0.6) is 0 Å². The Kier molecular flexibility index (Phi) is 3.83. The Labute approximate surface area is 183 Å². The molecule has 0 unspecified atom stereocenters. The van der Waals surface area contributed by atoms with Crippen LogP contribution in [-0.2, 0) is 14.1 Å². The molecule has 5 aromatic heterocycles. The molecule has 0 radical (unpaired) electrons. The van der Waals surface area contributed by atoms with Crippen LogP contribution >= 0.6 is 0 Å². The summed E-state index contributed by atoms with van der Waals surface area (Å²) in [5.41, 5.74) is 6.87. The largest absolute Gasteiger partial charge is 0.336 e. The third-order valence-electron chi connectivity index (χ3n) is 6.14. The first-order chi connectivity index (χ1) is 15.5. The molecule has 0 N–H and O–H groups in total. The lowest BCUT2D eigenvalue weighted by Crippen LogP contribution is -2.21. The molecular weight excluding hydrogens is 400 g/mol. The van der Waals surface area contributed by atoms with Gasteiger partial charge in [-0.05, 0) is 48.9 Å². The summed E-state index contributed by atoms with van der Waals surface area (Å²) in [4.78, 5) is 26.9. The normalized spacial score (nSPS) is 11.7. The van der Waals surface area contributed by atoms with Crippen molar-refractivity contribution in [2.75, 3.05) is 0 Å². The van der Waals surface area contributed by atoms with Crippen molar-refractivity contribution in [3.63, 3.8) is 0 Å². The van der Waals surface area contributed by atoms with Crippen molar-refractivity contribution in [3.05, 3.63) is 83.4 Å². The van der Waals surface area contributed by atoms with Gasteiger partial charge in [0.25, 0.3) is 0 Å². The van der Waals surface area contributed by atoms with Crippen molar-refractivity contribution in [3.8, 4) is 16.8 Å². The van der Waals surface area contributed by atoms with Crippen LogP contribution in [-0.4, -0.2) is 28.7 Å². The van der Waals surface area contributed by atoms with Crippen LogP contribution in [0.4, 0.5) is 0 Å². The SMILES string of the molecule is Cc1ncccc1-n1c(=O)n(C)c2cnc3ccc(-c4cnc5c(ccn5C)c4)cc3c21. The van der Waals surface area contributed by atoms with Crippen molar-refractivity contribution >= 4 is 33.0 Å². The van der Waals surface area contributed by atoms with Crippen LogP contribution < -0.4 is 5.69 Å². The molecule has 0 aliphatic carbocycles. The summed E-state index contributed by atoms with van der Waals surface area (Å²) in [5.74, 6) is 0. The molecule has 5 heterocycles. The smallest absolute Gasteiger partial charge is 0.333 e. The van der Waals surface area contributed by atoms with E-state index in [1.807, 2.05) is 55.2 Å². The van der Waals surface area contributed by atoms with Crippen LogP contribution in [0, 0.1) is 6.92 Å². The Bertz CT molecular complexity index is 1740. The second-order valence-electron chi connectivity index (χ2n) is 8.07. The Morgan fingerprint density at radius 2 is 1.78 bits per heavy atom. The number of imidazole rings is 1. The number of aryl methyl sites for hydroxylation is 3. The molecule has 7 nitrogen and oxygen atoms in total. The molecule has 0 bridgehead atoms. The van der Waals surface area contributed by atoms with E-state index in [1.165, 1.54) is 0 Å². The van der Waals surface area contributed by atoms with Gasteiger partial charge in [-0.15, -0.1) is 0 Å². The quantitative estimate of drug-likeness (QED) is 0.422. The molecule has 0 amide bonds. The Morgan fingerprint density at radius 1 is 0.906 bits per heavy atom. The molecular formula is C25H20N6O. The van der Waals surface area contributed by atoms with Gasteiger partial charge in [0.15, 0.2) is 0 Å². The van der Waals surface area contributed by atoms with Gasteiger partial charge in [0.2, 0.25) is 0 Å². The van der Waals surface area contributed by atoms with E-state index in [4.69, 9.17) is 0 Å². The molecule has 156 valence electrons. The molecule has 0 atom stereocenters. The van der Waals surface area contributed by atoms with E-state index in [1.54, 1.807) is 28.6 Å². The highest BCUT2D eigenvalue weighted by Crippen LogP contribution is 2.31. The molecule has 1 aromatic carbocycles. The zero-order chi connectivity index (χ0) is 22.0. The van der Waals surface area contributed by atoms with E-state index in [2.05, 4.69) is 33.2 Å². The Hall–Kier alpha value is -4.26. The average Bonchev–Trinajstić information content (AvgIpc) is 3.31. The number of aromatic nitrogens is 6. The third-order valence-corrected chi connectivity index (χ3v) is 6.14. The van der Waals surface area contributed by atoms with Crippen LogP contribution in [0.1, 0.15) is 5.69 Å². The standard InChI is InChI=1S/C25H20N6O/c1-15-21(5-4-9-26-15)31-23-19-12-16(18-11-17-8-10-29(2)24(17)28-13-18)6-7-20(19)27-14-22(23)30(3)25(31)32/h4-14H,1-3H3. The molecule has 0 aliphatic heterocycles.